The van der Waals surface area contributed by atoms with Crippen molar-refractivity contribution >= 4 is 35.2 Å². The third-order valence-electron chi connectivity index (χ3n) is 3.65. The zero-order valence-corrected chi connectivity index (χ0v) is 17.8. The molecular weight excluding hydrogens is 424 g/mol. The molecule has 2 rings (SSSR count). The van der Waals surface area contributed by atoms with Gasteiger partial charge >= 0.3 is 12.3 Å². The van der Waals surface area contributed by atoms with E-state index in [4.69, 9.17) is 35.2 Å². The highest BCUT2D eigenvalue weighted by Gasteiger charge is 2.22. The predicted octanol–water partition coefficient (Wildman–Crippen LogP) is 3.01. The summed E-state index contributed by atoms with van der Waals surface area (Å²) in [5, 5.41) is 0. The minimum atomic E-state index is -1.31. The Morgan fingerprint density at radius 1 is 1.06 bits per heavy atom. The maximum Gasteiger partial charge on any atom is 0.516 e. The monoisotopic (exact) mass is 450 g/mol. The highest BCUT2D eigenvalue weighted by molar-refractivity contribution is 5.82. The van der Waals surface area contributed by atoms with Gasteiger partial charge in [0.1, 0.15) is 6.33 Å². The Morgan fingerprint density at radius 3 is 2.44 bits per heavy atom. The Kier molecular flexibility index (Phi) is 9.71. The topological polar surface area (TPSA) is 176 Å². The molecule has 13 nitrogen and oxygen atoms in total. The molecule has 0 aliphatic carbocycles. The van der Waals surface area contributed by atoms with E-state index in [0.717, 1.165) is 6.42 Å². The molecule has 1 atom stereocenters. The summed E-state index contributed by atoms with van der Waals surface area (Å²) < 4.78 is 26.6. The first-order valence-electron chi connectivity index (χ1n) is 9.84. The summed E-state index contributed by atoms with van der Waals surface area (Å²) in [5.41, 5.74) is 11.9. The van der Waals surface area contributed by atoms with Crippen molar-refractivity contribution in [3.05, 3.63) is 31.0 Å². The molecule has 13 heteroatoms. The molecule has 174 valence electrons. The van der Waals surface area contributed by atoms with E-state index in [-0.39, 0.29) is 42.6 Å². The van der Waals surface area contributed by atoms with Crippen molar-refractivity contribution in [2.75, 3.05) is 24.7 Å². The number of aromatic nitrogens is 4. The molecule has 0 saturated carbocycles. The number of anilines is 2. The quantitative estimate of drug-likeness (QED) is 0.222. The number of nitrogen functional groups attached to an aromatic ring is 2. The van der Waals surface area contributed by atoms with Gasteiger partial charge in [0.2, 0.25) is 5.95 Å². The van der Waals surface area contributed by atoms with Crippen LogP contribution in [0.15, 0.2) is 31.0 Å². The summed E-state index contributed by atoms with van der Waals surface area (Å²) in [7, 11) is 0. The van der Waals surface area contributed by atoms with E-state index in [0.29, 0.717) is 6.42 Å². The van der Waals surface area contributed by atoms with Gasteiger partial charge in [0.15, 0.2) is 17.0 Å². The first kappa shape index (κ1) is 24.4. The molecule has 0 aliphatic heterocycles. The van der Waals surface area contributed by atoms with E-state index >= 15 is 0 Å². The second kappa shape index (κ2) is 12.7. The summed E-state index contributed by atoms with van der Waals surface area (Å²) in [4.78, 5) is 35.4. The van der Waals surface area contributed by atoms with Gasteiger partial charge in [-0.25, -0.2) is 14.6 Å². The lowest BCUT2D eigenvalue weighted by atomic mass is 10.5. The molecular formula is C19H26N6O7. The third-order valence-corrected chi connectivity index (χ3v) is 3.65. The second-order valence-electron chi connectivity index (χ2n) is 6.08. The van der Waals surface area contributed by atoms with Crippen molar-refractivity contribution in [3.63, 3.8) is 0 Å². The van der Waals surface area contributed by atoms with Gasteiger partial charge in [0.25, 0.3) is 6.41 Å². The lowest BCUT2D eigenvalue weighted by Crippen LogP contribution is -2.21. The van der Waals surface area contributed by atoms with Gasteiger partial charge in [-0.1, -0.05) is 13.8 Å². The Hall–Kier alpha value is -3.87. The maximum absolute atomic E-state index is 12.0. The number of carbonyl (C=O) groups is 2. The largest absolute Gasteiger partial charge is 0.516 e. The fourth-order valence-corrected chi connectivity index (χ4v) is 2.22. The zero-order chi connectivity index (χ0) is 23.3. The standard InChI is InChI=1S/C19H26N6O7/c1-3-5-8-29-18(26)30-11-7-10-28-17(32-19(27)31-9-6-4-2)25-12-22-13-14(20)23-16(21)24-15(13)25/h5-6,8-9,12,17H,3-4,7,10-11H2,1-2H3,(H4,20,21,23,24). The van der Waals surface area contributed by atoms with Crippen LogP contribution in [0.4, 0.5) is 21.4 Å². The summed E-state index contributed by atoms with van der Waals surface area (Å²) in [6.45, 7) is 3.83. The number of ether oxygens (including phenoxy) is 5. The minimum Gasteiger partial charge on any atom is -0.434 e. The lowest BCUT2D eigenvalue weighted by molar-refractivity contribution is -0.164. The Balaban J connectivity index is 2.03. The molecule has 0 saturated heterocycles. The van der Waals surface area contributed by atoms with Crippen molar-refractivity contribution in [1.29, 1.82) is 0 Å². The van der Waals surface area contributed by atoms with Crippen LogP contribution in [0, 0.1) is 0 Å². The van der Waals surface area contributed by atoms with Crippen LogP contribution >= 0.6 is 0 Å². The SMILES string of the molecule is CCC=COC(=O)OCCCOC(OC(=O)OC=CCC)n1cnc2c(N)nc(N)nc21. The molecule has 0 aromatic carbocycles. The first-order chi connectivity index (χ1) is 15.5. The molecule has 1 unspecified atom stereocenters. The van der Waals surface area contributed by atoms with E-state index in [1.807, 2.05) is 13.8 Å². The van der Waals surface area contributed by atoms with Gasteiger partial charge < -0.3 is 35.2 Å². The number of imidazole rings is 1. The minimum absolute atomic E-state index is 0.0158. The van der Waals surface area contributed by atoms with Gasteiger partial charge in [-0.2, -0.15) is 9.97 Å². The van der Waals surface area contributed by atoms with Gasteiger partial charge in [0.05, 0.1) is 25.7 Å². The molecule has 0 spiro atoms. The Morgan fingerprint density at radius 2 is 1.75 bits per heavy atom. The van der Waals surface area contributed by atoms with Crippen LogP contribution < -0.4 is 11.5 Å². The zero-order valence-electron chi connectivity index (χ0n) is 17.8. The van der Waals surface area contributed by atoms with Gasteiger partial charge in [-0.15, -0.1) is 0 Å². The van der Waals surface area contributed by atoms with Crippen LogP contribution in [0.1, 0.15) is 39.5 Å². The molecule has 0 aliphatic rings. The third kappa shape index (κ3) is 7.43. The number of hydrogen-bond acceptors (Lipinski definition) is 12. The van der Waals surface area contributed by atoms with E-state index in [9.17, 15) is 9.59 Å². The number of nitrogens with zero attached hydrogens (tertiary/aromatic N) is 4. The summed E-state index contributed by atoms with van der Waals surface area (Å²) in [6.07, 6.45) is 5.58. The molecule has 2 aromatic heterocycles. The average Bonchev–Trinajstić information content (AvgIpc) is 3.17. The Bertz CT molecular complexity index is 959. The fourth-order valence-electron chi connectivity index (χ4n) is 2.22. The van der Waals surface area contributed by atoms with Crippen molar-refractivity contribution < 1.29 is 33.3 Å². The maximum atomic E-state index is 12.0. The van der Waals surface area contributed by atoms with Gasteiger partial charge in [-0.05, 0) is 25.0 Å². The van der Waals surface area contributed by atoms with Crippen molar-refractivity contribution in [3.8, 4) is 0 Å². The normalized spacial score (nSPS) is 12.3. The van der Waals surface area contributed by atoms with Crippen LogP contribution in [0.5, 0.6) is 0 Å². The highest BCUT2D eigenvalue weighted by Crippen LogP contribution is 2.22. The number of fused-ring (bicyclic) bond motifs is 1. The van der Waals surface area contributed by atoms with Crippen LogP contribution in [-0.4, -0.2) is 45.0 Å². The molecule has 2 aromatic rings. The summed E-state index contributed by atoms with van der Waals surface area (Å²) >= 11 is 0. The number of rotatable bonds is 11. The van der Waals surface area contributed by atoms with Crippen molar-refractivity contribution in [1.82, 2.24) is 19.5 Å². The predicted molar refractivity (Wildman–Crippen MR) is 113 cm³/mol. The smallest absolute Gasteiger partial charge is 0.434 e. The van der Waals surface area contributed by atoms with Crippen LogP contribution in [0.2, 0.25) is 0 Å². The first-order valence-corrected chi connectivity index (χ1v) is 9.84. The number of nitrogens with two attached hydrogens (primary N) is 2. The molecule has 0 fully saturated rings. The van der Waals surface area contributed by atoms with Crippen LogP contribution in [0.25, 0.3) is 11.2 Å². The fraction of sp³-hybridized carbons (Fsp3) is 0.421. The molecule has 0 bridgehead atoms. The Labute approximate surface area is 183 Å². The lowest BCUT2D eigenvalue weighted by Gasteiger charge is -2.19. The van der Waals surface area contributed by atoms with Crippen molar-refractivity contribution in [2.45, 2.75) is 39.5 Å². The molecule has 4 N–H and O–H groups in total. The van der Waals surface area contributed by atoms with Gasteiger partial charge in [-0.3, -0.25) is 4.57 Å². The number of carbonyl (C=O) groups excluding carboxylic acids is 2. The second-order valence-corrected chi connectivity index (χ2v) is 6.08. The van der Waals surface area contributed by atoms with E-state index in [1.165, 1.54) is 23.4 Å². The van der Waals surface area contributed by atoms with E-state index in [1.54, 1.807) is 12.2 Å². The van der Waals surface area contributed by atoms with E-state index in [2.05, 4.69) is 15.0 Å². The molecule has 2 heterocycles. The van der Waals surface area contributed by atoms with E-state index < -0.39 is 18.7 Å². The van der Waals surface area contributed by atoms with Gasteiger partial charge in [0, 0.05) is 6.42 Å². The molecule has 32 heavy (non-hydrogen) atoms. The van der Waals surface area contributed by atoms with Crippen LogP contribution in [-0.2, 0) is 23.7 Å². The average molecular weight is 450 g/mol. The summed E-state index contributed by atoms with van der Waals surface area (Å²) in [5.74, 6) is -0.0320. The number of allylic oxidation sites excluding steroid dienone is 2. The molecule has 0 amide bonds. The van der Waals surface area contributed by atoms with Crippen LogP contribution in [0.3, 0.4) is 0 Å². The molecule has 0 radical (unpaired) electrons. The summed E-state index contributed by atoms with van der Waals surface area (Å²) in [6, 6.07) is 0. The van der Waals surface area contributed by atoms with Crippen molar-refractivity contribution in [2.24, 2.45) is 0 Å². The highest BCUT2D eigenvalue weighted by atomic mass is 16.8. The number of hydrogen-bond donors (Lipinski definition) is 2.